The summed E-state index contributed by atoms with van der Waals surface area (Å²) in [6, 6.07) is -3.08. The van der Waals surface area contributed by atoms with Crippen molar-refractivity contribution < 1.29 is 66.4 Å². The molecule has 0 radical (unpaired) electrons. The lowest BCUT2D eigenvalue weighted by atomic mass is 9.92. The molecule has 1 heterocycles. The van der Waals surface area contributed by atoms with Gasteiger partial charge >= 0.3 is 41.7 Å². The zero-order chi connectivity index (χ0) is 22.1. The molecule has 0 aromatic carbocycles. The molecule has 1 rings (SSSR count). The number of hydrogen-bond acceptors (Lipinski definition) is 1. The van der Waals surface area contributed by atoms with Crippen LogP contribution in [0, 0.1) is 0 Å². The van der Waals surface area contributed by atoms with E-state index in [9.17, 15) is 61.9 Å². The number of quaternary nitrogens is 1. The third-order valence-electron chi connectivity index (χ3n) is 4.16. The first-order chi connectivity index (χ1) is 11.6. The molecule has 2 unspecified atom stereocenters. The minimum atomic E-state index is -7.94. The lowest BCUT2D eigenvalue weighted by molar-refractivity contribution is -0.718. The number of amides is 1. The highest BCUT2D eigenvalue weighted by Gasteiger charge is 2.93. The van der Waals surface area contributed by atoms with Crippen molar-refractivity contribution in [3.63, 3.8) is 0 Å². The number of hydrogen-bond donors (Lipinski definition) is 0. The molecule has 0 aromatic heterocycles. The number of nitrogens with zero attached hydrogens (tertiary/aromatic N) is 1. The fraction of sp³-hybridized carbons (Fsp3) is 0.750. The van der Waals surface area contributed by atoms with Gasteiger partial charge in [0.25, 0.3) is 0 Å². The van der Waals surface area contributed by atoms with Crippen molar-refractivity contribution in [2.75, 3.05) is 13.6 Å². The molecular weight excluding hydrogens is 421 g/mol. The molecule has 1 aliphatic heterocycles. The van der Waals surface area contributed by atoms with Crippen LogP contribution in [0.5, 0.6) is 0 Å². The summed E-state index contributed by atoms with van der Waals surface area (Å²) in [6.45, 7) is 1.50. The average molecular weight is 430 g/mol. The van der Waals surface area contributed by atoms with Gasteiger partial charge in [0.05, 0.1) is 7.05 Å². The second-order valence-corrected chi connectivity index (χ2v) is 5.93. The van der Waals surface area contributed by atoms with Gasteiger partial charge in [-0.25, -0.2) is 9.28 Å². The van der Waals surface area contributed by atoms with E-state index in [0.29, 0.717) is 13.1 Å². The summed E-state index contributed by atoms with van der Waals surface area (Å²) in [7, 11) is 0.499. The van der Waals surface area contributed by atoms with E-state index in [1.807, 2.05) is 0 Å². The largest absolute Gasteiger partial charge is 0.460 e. The lowest BCUT2D eigenvalue weighted by Gasteiger charge is -2.39. The van der Waals surface area contributed by atoms with Crippen molar-refractivity contribution in [1.29, 1.82) is 0 Å². The van der Waals surface area contributed by atoms with E-state index in [1.165, 1.54) is 0 Å². The Labute approximate surface area is 141 Å². The molecule has 0 spiro atoms. The van der Waals surface area contributed by atoms with Crippen LogP contribution in [0.4, 0.5) is 57.1 Å². The van der Waals surface area contributed by atoms with Crippen LogP contribution in [0.2, 0.25) is 0 Å². The van der Waals surface area contributed by atoms with Gasteiger partial charge < -0.3 is 0 Å². The van der Waals surface area contributed by atoms with E-state index in [2.05, 4.69) is 6.58 Å². The smallest absolute Gasteiger partial charge is 0.242 e. The van der Waals surface area contributed by atoms with Crippen LogP contribution >= 0.6 is 0 Å². The number of rotatable bonds is 6. The number of carbonyl (C=O) groups excluding carboxylic acids is 1. The van der Waals surface area contributed by atoms with Crippen molar-refractivity contribution in [2.24, 2.45) is 0 Å². The van der Waals surface area contributed by atoms with Crippen molar-refractivity contribution in [1.82, 2.24) is 0 Å². The fourth-order valence-corrected chi connectivity index (χ4v) is 2.23. The number of likely N-dealkylation sites (N-methyl/N-ethyl adjacent to an activating group) is 1. The van der Waals surface area contributed by atoms with Crippen molar-refractivity contribution >= 4 is 5.91 Å². The topological polar surface area (TPSA) is 17.1 Å². The highest BCUT2D eigenvalue weighted by atomic mass is 19.4. The summed E-state index contributed by atoms with van der Waals surface area (Å²) in [5.74, 6) is -38.6. The maximum atomic E-state index is 13.8. The van der Waals surface area contributed by atoms with Gasteiger partial charge in [-0.15, -0.1) is 0 Å². The normalized spacial score (nSPS) is 25.3. The predicted molar refractivity (Wildman–Crippen MR) is 60.8 cm³/mol. The van der Waals surface area contributed by atoms with E-state index in [1.54, 1.807) is 0 Å². The molecule has 0 aromatic rings. The van der Waals surface area contributed by atoms with Crippen LogP contribution in [-0.2, 0) is 4.79 Å². The Morgan fingerprint density at radius 1 is 0.815 bits per heavy atom. The van der Waals surface area contributed by atoms with Gasteiger partial charge in [-0.1, -0.05) is 6.58 Å². The van der Waals surface area contributed by atoms with Crippen LogP contribution in [0.25, 0.3) is 0 Å². The molecule has 2 nitrogen and oxygen atoms in total. The third-order valence-corrected chi connectivity index (χ3v) is 4.16. The molecule has 0 bridgehead atoms. The van der Waals surface area contributed by atoms with Crippen LogP contribution in [0.15, 0.2) is 12.7 Å². The fourth-order valence-electron chi connectivity index (χ4n) is 2.23. The minimum absolute atomic E-state index is 0.318. The predicted octanol–water partition coefficient (Wildman–Crippen LogP) is 4.27. The Morgan fingerprint density at radius 3 is 1.52 bits per heavy atom. The Bertz CT molecular complexity index is 638. The molecule has 0 saturated carbocycles. The SMILES string of the molecule is C=CC(=O)[N+]1(C)CC1C(F)(F)C(F)(F)C(F)(F)C(F)(F)C(F)(F)C(F)(F)F. The van der Waals surface area contributed by atoms with Gasteiger partial charge in [-0.05, 0) is 0 Å². The second-order valence-electron chi connectivity index (χ2n) is 5.93. The minimum Gasteiger partial charge on any atom is -0.242 e. The molecule has 1 fully saturated rings. The highest BCUT2D eigenvalue weighted by molar-refractivity contribution is 5.82. The van der Waals surface area contributed by atoms with Crippen molar-refractivity contribution in [3.05, 3.63) is 12.7 Å². The Balaban J connectivity index is 3.44. The maximum Gasteiger partial charge on any atom is 0.460 e. The molecule has 1 aliphatic rings. The molecule has 15 heteroatoms. The van der Waals surface area contributed by atoms with Gasteiger partial charge in [-0.3, -0.25) is 0 Å². The summed E-state index contributed by atoms with van der Waals surface area (Å²) in [4.78, 5) is 11.3. The molecular formula is C12H9F13NO+. The molecule has 27 heavy (non-hydrogen) atoms. The van der Waals surface area contributed by atoms with Crippen LogP contribution in [-0.4, -0.2) is 65.8 Å². The Hall–Kier alpha value is -1.54. The molecule has 158 valence electrons. The standard InChI is InChI=1S/C12H9F13NO/c1-3-6(27)26(2)4-5(26)7(13,14)8(15,16)9(17,18)10(19,20)11(21,22)12(23,24)25/h3,5H,1,4H2,2H3/q+1. The molecule has 0 aliphatic carbocycles. The van der Waals surface area contributed by atoms with E-state index < -0.39 is 58.8 Å². The summed E-state index contributed by atoms with van der Waals surface area (Å²) in [5.41, 5.74) is 0. The average Bonchev–Trinajstić information content (AvgIpc) is 3.18. The van der Waals surface area contributed by atoms with Gasteiger partial charge in [0.1, 0.15) is 6.54 Å². The van der Waals surface area contributed by atoms with Crippen LogP contribution < -0.4 is 0 Å². The van der Waals surface area contributed by atoms with Gasteiger partial charge in [0, 0.05) is 6.08 Å². The van der Waals surface area contributed by atoms with Gasteiger partial charge in [0.15, 0.2) is 0 Å². The third kappa shape index (κ3) is 2.79. The summed E-state index contributed by atoms with van der Waals surface area (Å²) in [6.07, 6.45) is -7.13. The first-order valence-corrected chi connectivity index (χ1v) is 6.55. The van der Waals surface area contributed by atoms with Gasteiger partial charge in [0.2, 0.25) is 6.04 Å². The number of carbonyl (C=O) groups is 1. The van der Waals surface area contributed by atoms with E-state index >= 15 is 0 Å². The van der Waals surface area contributed by atoms with Crippen molar-refractivity contribution in [2.45, 2.75) is 41.8 Å². The maximum absolute atomic E-state index is 13.8. The number of alkyl halides is 13. The summed E-state index contributed by atoms with van der Waals surface area (Å²) in [5, 5.41) is 0. The Morgan fingerprint density at radius 2 is 1.19 bits per heavy atom. The monoisotopic (exact) mass is 430 g/mol. The molecule has 0 N–H and O–H groups in total. The van der Waals surface area contributed by atoms with E-state index in [0.717, 1.165) is 0 Å². The quantitative estimate of drug-likeness (QED) is 0.266. The first kappa shape index (κ1) is 23.5. The lowest BCUT2D eigenvalue weighted by Crippen LogP contribution is -2.71. The van der Waals surface area contributed by atoms with Crippen molar-refractivity contribution in [3.8, 4) is 0 Å². The van der Waals surface area contributed by atoms with E-state index in [4.69, 9.17) is 0 Å². The second kappa shape index (κ2) is 5.73. The number of halogens is 13. The first-order valence-electron chi connectivity index (χ1n) is 6.55. The van der Waals surface area contributed by atoms with E-state index in [-0.39, 0.29) is 0 Å². The molecule has 1 saturated heterocycles. The van der Waals surface area contributed by atoms with Crippen LogP contribution in [0.1, 0.15) is 0 Å². The summed E-state index contributed by atoms with van der Waals surface area (Å²) < 4.78 is 167. The highest BCUT2D eigenvalue weighted by Crippen LogP contribution is 2.62. The van der Waals surface area contributed by atoms with Gasteiger partial charge in [-0.2, -0.15) is 57.1 Å². The molecule has 1 amide bonds. The van der Waals surface area contributed by atoms with Crippen LogP contribution in [0.3, 0.4) is 0 Å². The Kier molecular flexibility index (Phi) is 4.99. The molecule has 2 atom stereocenters. The zero-order valence-electron chi connectivity index (χ0n) is 12.8. The zero-order valence-corrected chi connectivity index (χ0v) is 12.8. The summed E-state index contributed by atoms with van der Waals surface area (Å²) >= 11 is 0.